The van der Waals surface area contributed by atoms with Gasteiger partial charge in [-0.05, 0) is 57.7 Å². The van der Waals surface area contributed by atoms with Gasteiger partial charge in [0.2, 0.25) is 0 Å². The van der Waals surface area contributed by atoms with Crippen molar-refractivity contribution < 1.29 is 5.11 Å². The molecule has 0 fully saturated rings. The van der Waals surface area contributed by atoms with Gasteiger partial charge >= 0.3 is 0 Å². The van der Waals surface area contributed by atoms with E-state index in [4.69, 9.17) is 23.2 Å². The molecule has 0 heterocycles. The fraction of sp³-hybridized carbons (Fsp3) is 0.200. The van der Waals surface area contributed by atoms with Gasteiger partial charge in [0.1, 0.15) is 0 Å². The zero-order chi connectivity index (χ0) is 14.0. The average molecular weight is 360 g/mol. The number of hydrogen-bond acceptors (Lipinski definition) is 1. The first-order valence-corrected chi connectivity index (χ1v) is 7.40. The van der Waals surface area contributed by atoms with E-state index in [9.17, 15) is 5.11 Å². The van der Waals surface area contributed by atoms with Crippen molar-refractivity contribution >= 4 is 39.1 Å². The molecule has 0 radical (unpaired) electrons. The van der Waals surface area contributed by atoms with E-state index in [1.807, 2.05) is 37.3 Å². The van der Waals surface area contributed by atoms with E-state index in [2.05, 4.69) is 15.9 Å². The van der Waals surface area contributed by atoms with Crippen LogP contribution < -0.4 is 0 Å². The van der Waals surface area contributed by atoms with Gasteiger partial charge in [-0.25, -0.2) is 0 Å². The minimum Gasteiger partial charge on any atom is -0.388 e. The van der Waals surface area contributed by atoms with Crippen molar-refractivity contribution in [3.05, 3.63) is 67.6 Å². The summed E-state index contributed by atoms with van der Waals surface area (Å²) in [5.74, 6) is 0. The Labute approximate surface area is 131 Å². The zero-order valence-electron chi connectivity index (χ0n) is 10.3. The van der Waals surface area contributed by atoms with Crippen LogP contribution in [0.3, 0.4) is 0 Å². The summed E-state index contributed by atoms with van der Waals surface area (Å²) < 4.78 is 0.818. The number of benzene rings is 2. The van der Waals surface area contributed by atoms with E-state index in [1.54, 1.807) is 6.07 Å². The molecule has 1 atom stereocenters. The van der Waals surface area contributed by atoms with Crippen LogP contribution in [-0.2, 0) is 6.42 Å². The molecule has 0 saturated carbocycles. The molecular formula is C15H13BrCl2O. The summed E-state index contributed by atoms with van der Waals surface area (Å²) in [6.45, 7) is 1.99. The molecule has 0 spiro atoms. The molecule has 19 heavy (non-hydrogen) atoms. The second-order valence-corrected chi connectivity index (χ2v) is 6.16. The van der Waals surface area contributed by atoms with Crippen LogP contribution in [-0.4, -0.2) is 5.11 Å². The smallest absolute Gasteiger partial charge is 0.0831 e. The fourth-order valence-corrected chi connectivity index (χ4v) is 2.61. The summed E-state index contributed by atoms with van der Waals surface area (Å²) in [7, 11) is 0. The highest BCUT2D eigenvalue weighted by Crippen LogP contribution is 2.29. The maximum atomic E-state index is 10.3. The van der Waals surface area contributed by atoms with Crippen LogP contribution in [0.25, 0.3) is 0 Å². The highest BCUT2D eigenvalue weighted by molar-refractivity contribution is 9.10. The van der Waals surface area contributed by atoms with Crippen molar-refractivity contribution in [3.8, 4) is 0 Å². The van der Waals surface area contributed by atoms with Crippen molar-refractivity contribution in [2.45, 2.75) is 19.4 Å². The molecule has 1 nitrogen and oxygen atoms in total. The summed E-state index contributed by atoms with van der Waals surface area (Å²) in [6, 6.07) is 11.3. The second-order valence-electron chi connectivity index (χ2n) is 4.49. The number of rotatable bonds is 3. The standard InChI is InChI=1S/C15H13BrCl2O/c1-9-2-3-10(13(17)6-9)8-15(19)11-4-5-12(16)14(18)7-11/h2-7,15,19H,8H2,1H3. The van der Waals surface area contributed by atoms with Gasteiger partial charge in [0, 0.05) is 15.9 Å². The van der Waals surface area contributed by atoms with Gasteiger partial charge < -0.3 is 5.11 Å². The molecule has 1 N–H and O–H groups in total. The fourth-order valence-electron chi connectivity index (χ4n) is 1.86. The van der Waals surface area contributed by atoms with E-state index >= 15 is 0 Å². The quantitative estimate of drug-likeness (QED) is 0.784. The normalized spacial score (nSPS) is 12.5. The lowest BCUT2D eigenvalue weighted by molar-refractivity contribution is 0.178. The molecule has 0 bridgehead atoms. The summed E-state index contributed by atoms with van der Waals surface area (Å²) in [4.78, 5) is 0. The third-order valence-corrected chi connectivity index (χ3v) is 4.53. The Balaban J connectivity index is 2.20. The summed E-state index contributed by atoms with van der Waals surface area (Å²) in [5.41, 5.74) is 2.82. The van der Waals surface area contributed by atoms with Gasteiger partial charge in [-0.3, -0.25) is 0 Å². The minimum absolute atomic E-state index is 0.469. The predicted molar refractivity (Wildman–Crippen MR) is 84.0 cm³/mol. The first-order chi connectivity index (χ1) is 8.97. The van der Waals surface area contributed by atoms with E-state index in [-0.39, 0.29) is 0 Å². The SMILES string of the molecule is Cc1ccc(CC(O)c2ccc(Br)c(Cl)c2)c(Cl)c1. The molecule has 4 heteroatoms. The van der Waals surface area contributed by atoms with Crippen molar-refractivity contribution in [1.29, 1.82) is 0 Å². The van der Waals surface area contributed by atoms with Gasteiger partial charge in [0.05, 0.1) is 11.1 Å². The summed E-state index contributed by atoms with van der Waals surface area (Å²) in [5, 5.41) is 11.5. The molecule has 0 aromatic heterocycles. The van der Waals surface area contributed by atoms with Crippen molar-refractivity contribution in [2.24, 2.45) is 0 Å². The maximum absolute atomic E-state index is 10.3. The highest BCUT2D eigenvalue weighted by atomic mass is 79.9. The van der Waals surface area contributed by atoms with E-state index < -0.39 is 6.10 Å². The van der Waals surface area contributed by atoms with Crippen LogP contribution in [0.2, 0.25) is 10.0 Å². The number of aryl methyl sites for hydroxylation is 1. The molecule has 0 amide bonds. The van der Waals surface area contributed by atoms with Crippen LogP contribution in [0.1, 0.15) is 22.8 Å². The third-order valence-electron chi connectivity index (χ3n) is 2.95. The lowest BCUT2D eigenvalue weighted by atomic mass is 10.0. The minimum atomic E-state index is -0.620. The first kappa shape index (κ1) is 14.9. The van der Waals surface area contributed by atoms with E-state index in [0.29, 0.717) is 16.5 Å². The van der Waals surface area contributed by atoms with Crippen LogP contribution in [0.4, 0.5) is 0 Å². The Bertz CT molecular complexity index is 599. The van der Waals surface area contributed by atoms with E-state index in [0.717, 1.165) is 21.2 Å². The largest absolute Gasteiger partial charge is 0.388 e. The third kappa shape index (κ3) is 3.73. The van der Waals surface area contributed by atoms with Crippen molar-refractivity contribution in [1.82, 2.24) is 0 Å². The topological polar surface area (TPSA) is 20.2 Å². The monoisotopic (exact) mass is 358 g/mol. The number of aliphatic hydroxyl groups excluding tert-OH is 1. The molecule has 0 saturated heterocycles. The predicted octanol–water partition coefficient (Wildman–Crippen LogP) is 5.34. The average Bonchev–Trinajstić information content (AvgIpc) is 2.36. The number of aliphatic hydroxyl groups is 1. The lowest BCUT2D eigenvalue weighted by Crippen LogP contribution is -2.02. The van der Waals surface area contributed by atoms with Crippen LogP contribution in [0.15, 0.2) is 40.9 Å². The molecule has 0 aliphatic heterocycles. The Morgan fingerprint density at radius 1 is 1.11 bits per heavy atom. The molecular weight excluding hydrogens is 347 g/mol. The zero-order valence-corrected chi connectivity index (χ0v) is 13.4. The van der Waals surface area contributed by atoms with Crippen LogP contribution in [0, 0.1) is 6.92 Å². The van der Waals surface area contributed by atoms with Crippen LogP contribution in [0.5, 0.6) is 0 Å². The molecule has 2 rings (SSSR count). The number of halogens is 3. The Kier molecular flexibility index (Phi) is 4.91. The van der Waals surface area contributed by atoms with Crippen molar-refractivity contribution in [2.75, 3.05) is 0 Å². The Hall–Kier alpha value is -0.540. The maximum Gasteiger partial charge on any atom is 0.0831 e. The van der Waals surface area contributed by atoms with Gasteiger partial charge in [-0.15, -0.1) is 0 Å². The lowest BCUT2D eigenvalue weighted by Gasteiger charge is -2.13. The van der Waals surface area contributed by atoms with Crippen molar-refractivity contribution in [3.63, 3.8) is 0 Å². The first-order valence-electron chi connectivity index (χ1n) is 5.85. The Morgan fingerprint density at radius 3 is 2.47 bits per heavy atom. The number of hydrogen-bond donors (Lipinski definition) is 1. The molecule has 2 aromatic rings. The Morgan fingerprint density at radius 2 is 1.84 bits per heavy atom. The molecule has 100 valence electrons. The molecule has 1 unspecified atom stereocenters. The van der Waals surface area contributed by atoms with Gasteiger partial charge in [0.25, 0.3) is 0 Å². The van der Waals surface area contributed by atoms with Gasteiger partial charge in [0.15, 0.2) is 0 Å². The highest BCUT2D eigenvalue weighted by Gasteiger charge is 2.12. The molecule has 0 aliphatic rings. The second kappa shape index (κ2) is 6.27. The molecule has 2 aromatic carbocycles. The van der Waals surface area contributed by atoms with Gasteiger partial charge in [-0.1, -0.05) is 41.4 Å². The summed E-state index contributed by atoms with van der Waals surface area (Å²) in [6.07, 6.45) is -0.150. The van der Waals surface area contributed by atoms with E-state index in [1.165, 1.54) is 0 Å². The summed E-state index contributed by atoms with van der Waals surface area (Å²) >= 11 is 15.5. The van der Waals surface area contributed by atoms with Gasteiger partial charge in [-0.2, -0.15) is 0 Å². The molecule has 0 aliphatic carbocycles. The van der Waals surface area contributed by atoms with Crippen LogP contribution >= 0.6 is 39.1 Å².